The van der Waals surface area contributed by atoms with Gasteiger partial charge in [0.25, 0.3) is 0 Å². The summed E-state index contributed by atoms with van der Waals surface area (Å²) in [5.41, 5.74) is 0.483. The summed E-state index contributed by atoms with van der Waals surface area (Å²) in [5, 5.41) is 0. The van der Waals surface area contributed by atoms with E-state index >= 15 is 0 Å². The fraction of sp³-hybridized carbons (Fsp3) is 1.00. The van der Waals surface area contributed by atoms with Gasteiger partial charge in [0.15, 0.2) is 0 Å². The van der Waals surface area contributed by atoms with E-state index in [0.29, 0.717) is 5.41 Å². The maximum absolute atomic E-state index is 5.29. The summed E-state index contributed by atoms with van der Waals surface area (Å²) in [4.78, 5) is 0. The normalized spacial score (nSPS) is 24.2. The summed E-state index contributed by atoms with van der Waals surface area (Å²) in [6.07, 6.45) is 3.84. The van der Waals surface area contributed by atoms with Gasteiger partial charge in [-0.1, -0.05) is 6.92 Å². The zero-order chi connectivity index (χ0) is 9.03. The zero-order valence-electron chi connectivity index (χ0n) is 7.98. The monoisotopic (exact) mass is 283 g/mol. The predicted molar refractivity (Wildman–Crippen MR) is 59.4 cm³/mol. The van der Waals surface area contributed by atoms with Crippen molar-refractivity contribution in [3.8, 4) is 0 Å². The van der Waals surface area contributed by atoms with Gasteiger partial charge in [-0.15, -0.1) is 0 Å². The van der Waals surface area contributed by atoms with Crippen LogP contribution in [0.15, 0.2) is 0 Å². The minimum absolute atomic E-state index is 0.483. The van der Waals surface area contributed by atoms with Crippen LogP contribution in [-0.4, -0.2) is 29.9 Å². The highest BCUT2D eigenvalue weighted by Crippen LogP contribution is 2.35. The van der Waals surface area contributed by atoms with Crippen molar-refractivity contribution in [3.05, 3.63) is 0 Å². The molecule has 1 heterocycles. The van der Waals surface area contributed by atoms with Crippen molar-refractivity contribution in [1.29, 1.82) is 0 Å². The van der Waals surface area contributed by atoms with E-state index in [1.165, 1.54) is 32.4 Å². The number of hydrogen-bond acceptors (Lipinski definition) is 2. The molecule has 1 fully saturated rings. The molecule has 0 aromatic rings. The minimum Gasteiger partial charge on any atom is -0.384 e. The fourth-order valence-electron chi connectivity index (χ4n) is 1.86. The van der Waals surface area contributed by atoms with Crippen LogP contribution >= 0.6 is 22.9 Å². The van der Waals surface area contributed by atoms with Gasteiger partial charge in [0.1, 0.15) is 0 Å². The van der Waals surface area contributed by atoms with E-state index in [0.717, 1.165) is 6.61 Å². The molecule has 1 aliphatic rings. The van der Waals surface area contributed by atoms with Gasteiger partial charge in [-0.25, -0.2) is 3.11 Å². The summed E-state index contributed by atoms with van der Waals surface area (Å²) in [6.45, 7) is 5.66. The molecule has 0 N–H and O–H groups in total. The summed E-state index contributed by atoms with van der Waals surface area (Å²) in [7, 11) is 1.81. The first-order valence-electron chi connectivity index (χ1n) is 4.62. The van der Waals surface area contributed by atoms with E-state index in [2.05, 4.69) is 32.9 Å². The van der Waals surface area contributed by atoms with Crippen molar-refractivity contribution in [3.63, 3.8) is 0 Å². The molecule has 12 heavy (non-hydrogen) atoms. The largest absolute Gasteiger partial charge is 0.384 e. The van der Waals surface area contributed by atoms with Crippen molar-refractivity contribution in [2.24, 2.45) is 5.41 Å². The number of halogens is 1. The highest BCUT2D eigenvalue weighted by molar-refractivity contribution is 14.1. The van der Waals surface area contributed by atoms with E-state index in [-0.39, 0.29) is 0 Å². The Morgan fingerprint density at radius 2 is 2.00 bits per heavy atom. The molecule has 1 aliphatic heterocycles. The molecule has 72 valence electrons. The third-order valence-electron chi connectivity index (χ3n) is 2.97. The number of hydrogen-bond donors (Lipinski definition) is 0. The average Bonchev–Trinajstić information content (AvgIpc) is 2.10. The number of nitrogens with zero attached hydrogens (tertiary/aromatic N) is 1. The molecule has 2 nitrogen and oxygen atoms in total. The molecule has 1 saturated heterocycles. The van der Waals surface area contributed by atoms with Gasteiger partial charge in [-0.05, 0) is 24.7 Å². The maximum Gasteiger partial charge on any atom is 0.0519 e. The SMILES string of the molecule is CCC1(COC)CCN(I)CC1. The molecule has 0 unspecified atom stereocenters. The van der Waals surface area contributed by atoms with Gasteiger partial charge in [-0.3, -0.25) is 0 Å². The molecule has 3 heteroatoms. The van der Waals surface area contributed by atoms with Gasteiger partial charge in [0.2, 0.25) is 0 Å². The Bertz CT molecular complexity index is 132. The van der Waals surface area contributed by atoms with Gasteiger partial charge < -0.3 is 4.74 Å². The van der Waals surface area contributed by atoms with Crippen LogP contribution < -0.4 is 0 Å². The van der Waals surface area contributed by atoms with E-state index in [9.17, 15) is 0 Å². The molecular formula is C9H18INO. The Morgan fingerprint density at radius 1 is 1.42 bits per heavy atom. The number of methoxy groups -OCH3 is 1. The molecule has 0 spiro atoms. The smallest absolute Gasteiger partial charge is 0.0519 e. The van der Waals surface area contributed by atoms with Crippen LogP contribution in [0.2, 0.25) is 0 Å². The minimum atomic E-state index is 0.483. The highest BCUT2D eigenvalue weighted by Gasteiger charge is 2.32. The lowest BCUT2D eigenvalue weighted by Gasteiger charge is -2.38. The second-order valence-corrected chi connectivity index (χ2v) is 5.06. The first-order chi connectivity index (χ1) is 5.72. The summed E-state index contributed by atoms with van der Waals surface area (Å²) in [5.74, 6) is 0. The number of ether oxygens (including phenoxy) is 1. The Labute approximate surface area is 89.1 Å². The molecule has 0 aromatic carbocycles. The second kappa shape index (κ2) is 4.77. The Kier molecular flexibility index (Phi) is 4.26. The summed E-state index contributed by atoms with van der Waals surface area (Å²) < 4.78 is 7.67. The Morgan fingerprint density at radius 3 is 2.42 bits per heavy atom. The molecule has 0 aromatic heterocycles. The fourth-order valence-corrected chi connectivity index (χ4v) is 2.34. The lowest BCUT2D eigenvalue weighted by atomic mass is 9.77. The van der Waals surface area contributed by atoms with Crippen LogP contribution in [0.25, 0.3) is 0 Å². The molecule has 0 atom stereocenters. The third kappa shape index (κ3) is 2.57. The standard InChI is InChI=1S/C9H18INO/c1-3-9(8-12-2)4-6-11(10)7-5-9/h3-8H2,1-2H3. The Balaban J connectivity index is 2.45. The molecule has 0 radical (unpaired) electrons. The average molecular weight is 283 g/mol. The Hall–Kier alpha value is 0.650. The van der Waals surface area contributed by atoms with Crippen molar-refractivity contribution in [2.45, 2.75) is 26.2 Å². The van der Waals surface area contributed by atoms with Gasteiger partial charge in [-0.2, -0.15) is 0 Å². The molecule has 1 rings (SSSR count). The van der Waals surface area contributed by atoms with Crippen LogP contribution in [0, 0.1) is 5.41 Å². The lowest BCUT2D eigenvalue weighted by molar-refractivity contribution is 0.0406. The van der Waals surface area contributed by atoms with Gasteiger partial charge >= 0.3 is 0 Å². The molecule has 0 saturated carbocycles. The first kappa shape index (κ1) is 10.7. The van der Waals surface area contributed by atoms with Crippen LogP contribution in [0.1, 0.15) is 26.2 Å². The van der Waals surface area contributed by atoms with E-state index in [1.54, 1.807) is 0 Å². The van der Waals surface area contributed by atoms with Crippen molar-refractivity contribution < 1.29 is 4.74 Å². The van der Waals surface area contributed by atoms with Crippen LogP contribution in [-0.2, 0) is 4.74 Å². The summed E-state index contributed by atoms with van der Waals surface area (Å²) >= 11 is 2.41. The van der Waals surface area contributed by atoms with Gasteiger partial charge in [0.05, 0.1) is 6.61 Å². The second-order valence-electron chi connectivity index (χ2n) is 3.70. The summed E-state index contributed by atoms with van der Waals surface area (Å²) in [6, 6.07) is 0. The zero-order valence-corrected chi connectivity index (χ0v) is 10.1. The van der Waals surface area contributed by atoms with Gasteiger partial charge in [0, 0.05) is 43.1 Å². The predicted octanol–water partition coefficient (Wildman–Crippen LogP) is 2.48. The van der Waals surface area contributed by atoms with Crippen molar-refractivity contribution in [2.75, 3.05) is 26.8 Å². The topological polar surface area (TPSA) is 12.5 Å². The number of rotatable bonds is 3. The quantitative estimate of drug-likeness (QED) is 0.583. The number of piperidine rings is 1. The maximum atomic E-state index is 5.29. The lowest BCUT2D eigenvalue weighted by Crippen LogP contribution is -2.37. The van der Waals surface area contributed by atoms with E-state index in [4.69, 9.17) is 4.74 Å². The molecule has 0 aliphatic carbocycles. The van der Waals surface area contributed by atoms with Crippen molar-refractivity contribution >= 4 is 22.9 Å². The van der Waals surface area contributed by atoms with E-state index < -0.39 is 0 Å². The highest BCUT2D eigenvalue weighted by atomic mass is 127. The molecule has 0 amide bonds. The third-order valence-corrected chi connectivity index (χ3v) is 3.93. The molecule has 0 bridgehead atoms. The van der Waals surface area contributed by atoms with Crippen LogP contribution in [0.5, 0.6) is 0 Å². The molecular weight excluding hydrogens is 265 g/mol. The van der Waals surface area contributed by atoms with Crippen LogP contribution in [0.3, 0.4) is 0 Å². The van der Waals surface area contributed by atoms with E-state index in [1.807, 2.05) is 7.11 Å². The first-order valence-corrected chi connectivity index (χ1v) is 5.58. The van der Waals surface area contributed by atoms with Crippen molar-refractivity contribution in [1.82, 2.24) is 3.11 Å². The van der Waals surface area contributed by atoms with Crippen LogP contribution in [0.4, 0.5) is 0 Å².